The van der Waals surface area contributed by atoms with Crippen LogP contribution in [0.5, 0.6) is 0 Å². The second kappa shape index (κ2) is 5.49. The number of H-pyrrole nitrogens is 1. The van der Waals surface area contributed by atoms with E-state index in [4.69, 9.17) is 1.37 Å². The van der Waals surface area contributed by atoms with Gasteiger partial charge in [0, 0.05) is 35.1 Å². The quantitative estimate of drug-likeness (QED) is 0.606. The molecule has 2 N–H and O–H groups in total. The van der Waals surface area contributed by atoms with Gasteiger partial charge in [-0.25, -0.2) is 9.97 Å². The van der Waals surface area contributed by atoms with Gasteiger partial charge in [-0.05, 0) is 31.2 Å². The van der Waals surface area contributed by atoms with E-state index < -0.39 is 0 Å². The molecule has 6 nitrogen and oxygen atoms in total. The van der Waals surface area contributed by atoms with Crippen LogP contribution in [0, 0.1) is 6.92 Å². The number of hydrogen-bond acceptors (Lipinski definition) is 5. The molecule has 0 radical (unpaired) electrons. The molecule has 0 unspecified atom stereocenters. The van der Waals surface area contributed by atoms with Crippen molar-refractivity contribution in [2.24, 2.45) is 0 Å². The Hall–Kier alpha value is -3.28. The van der Waals surface area contributed by atoms with Gasteiger partial charge in [0.05, 0.1) is 6.89 Å². The third-order valence-corrected chi connectivity index (χ3v) is 3.43. The summed E-state index contributed by atoms with van der Waals surface area (Å²) in [6.45, 7) is 1.94. The van der Waals surface area contributed by atoms with Gasteiger partial charge in [0.25, 0.3) is 0 Å². The predicted octanol–water partition coefficient (Wildman–Crippen LogP) is 3.47. The highest BCUT2D eigenvalue weighted by Gasteiger charge is 2.10. The van der Waals surface area contributed by atoms with Gasteiger partial charge in [0.1, 0.15) is 5.82 Å². The summed E-state index contributed by atoms with van der Waals surface area (Å²) in [7, 11) is 0. The Labute approximate surface area is 134 Å². The zero-order chi connectivity index (χ0) is 16.5. The number of aromatic amines is 1. The summed E-state index contributed by atoms with van der Waals surface area (Å²) >= 11 is 0. The van der Waals surface area contributed by atoms with Crippen LogP contribution >= 0.6 is 0 Å². The number of para-hydroxylation sites is 1. The molecule has 4 rings (SSSR count). The van der Waals surface area contributed by atoms with Crippen molar-refractivity contribution in [2.75, 3.05) is 5.32 Å². The summed E-state index contributed by atoms with van der Waals surface area (Å²) in [5.74, 6) is 1.93. The largest absolute Gasteiger partial charge is 0.323 e. The maximum absolute atomic E-state index is 7.50. The molecule has 4 aromatic rings. The zero-order valence-corrected chi connectivity index (χ0v) is 12.4. The van der Waals surface area contributed by atoms with Crippen LogP contribution < -0.4 is 5.32 Å². The Kier molecular flexibility index (Phi) is 2.93. The number of pyridine rings is 1. The topological polar surface area (TPSA) is 79.4 Å². The Morgan fingerprint density at radius 2 is 2.04 bits per heavy atom. The molecule has 1 aromatic carbocycles. The van der Waals surface area contributed by atoms with Crippen LogP contribution in [-0.2, 0) is 0 Å². The third-order valence-electron chi connectivity index (χ3n) is 3.43. The molecule has 0 bridgehead atoms. The van der Waals surface area contributed by atoms with Crippen molar-refractivity contribution in [3.8, 4) is 11.4 Å². The van der Waals surface area contributed by atoms with Gasteiger partial charge in [-0.1, -0.05) is 12.1 Å². The number of anilines is 2. The Bertz CT molecular complexity index is 1010. The molecule has 0 spiro atoms. The first kappa shape index (κ1) is 12.3. The van der Waals surface area contributed by atoms with Crippen molar-refractivity contribution in [1.82, 2.24) is 25.1 Å². The molecule has 0 saturated carbocycles. The monoisotopic (exact) mass is 303 g/mol. The van der Waals surface area contributed by atoms with Gasteiger partial charge in [0.2, 0.25) is 0 Å². The van der Waals surface area contributed by atoms with Crippen molar-refractivity contribution in [2.45, 2.75) is 6.92 Å². The van der Waals surface area contributed by atoms with Gasteiger partial charge in [-0.15, -0.1) is 0 Å². The fourth-order valence-corrected chi connectivity index (χ4v) is 2.36. The first-order chi connectivity index (χ1) is 11.7. The number of fused-ring (bicyclic) bond motifs is 1. The first-order valence-corrected chi connectivity index (χ1v) is 7.18. The van der Waals surface area contributed by atoms with E-state index in [-0.39, 0.29) is 6.17 Å². The molecule has 0 aliphatic rings. The summed E-state index contributed by atoms with van der Waals surface area (Å²) in [6.07, 6.45) is 1.82. The number of nitrogens with one attached hydrogen (secondary N) is 2. The molecule has 23 heavy (non-hydrogen) atoms. The second-order valence-corrected chi connectivity index (χ2v) is 5.15. The summed E-state index contributed by atoms with van der Waals surface area (Å²) in [6, 6.07) is 13.1. The van der Waals surface area contributed by atoms with E-state index in [1.165, 1.54) is 0 Å². The highest BCUT2D eigenvalue weighted by molar-refractivity contribution is 5.91. The summed E-state index contributed by atoms with van der Waals surface area (Å²) in [4.78, 5) is 13.2. The maximum atomic E-state index is 7.50. The van der Waals surface area contributed by atoms with Gasteiger partial charge in [-0.2, -0.15) is 5.10 Å². The minimum atomic E-state index is 0.213. The molecular weight excluding hydrogens is 288 g/mol. The highest BCUT2D eigenvalue weighted by atomic mass is 15.2. The lowest BCUT2D eigenvalue weighted by atomic mass is 10.2. The summed E-state index contributed by atoms with van der Waals surface area (Å²) in [5.41, 5.74) is 2.55. The summed E-state index contributed by atoms with van der Waals surface area (Å²) < 4.78 is 7.50. The van der Waals surface area contributed by atoms with Crippen LogP contribution in [0.15, 0.2) is 54.8 Å². The smallest absolute Gasteiger partial charge is 0.163 e. The van der Waals surface area contributed by atoms with Crippen LogP contribution in [0.25, 0.3) is 22.3 Å². The zero-order valence-electron chi connectivity index (χ0n) is 13.4. The SMILES string of the molecule is [2H]c1ccc(-c2nc(Nc3cc(C)[nH]n3)c3ccccc3n2)cn1. The molecule has 0 amide bonds. The fourth-order valence-electron chi connectivity index (χ4n) is 2.36. The highest BCUT2D eigenvalue weighted by Crippen LogP contribution is 2.26. The molecule has 112 valence electrons. The number of benzene rings is 1. The minimum absolute atomic E-state index is 0.213. The Morgan fingerprint density at radius 3 is 2.83 bits per heavy atom. The number of rotatable bonds is 3. The lowest BCUT2D eigenvalue weighted by Gasteiger charge is -2.09. The normalized spacial score (nSPS) is 11.4. The number of aromatic nitrogens is 5. The Morgan fingerprint density at radius 1 is 1.13 bits per heavy atom. The van der Waals surface area contributed by atoms with Crippen molar-refractivity contribution < 1.29 is 1.37 Å². The standard InChI is InChI=1S/C17H14N6/c1-11-9-15(23-22-11)20-17-13-6-2-3-7-14(13)19-16(21-17)12-5-4-8-18-10-12/h2-10H,1H3,(H2,19,20,21,22,23)/i8D. The first-order valence-electron chi connectivity index (χ1n) is 7.68. The summed E-state index contributed by atoms with van der Waals surface area (Å²) in [5, 5.41) is 11.2. The minimum Gasteiger partial charge on any atom is -0.323 e. The molecule has 3 heterocycles. The van der Waals surface area contributed by atoms with Crippen molar-refractivity contribution >= 4 is 22.5 Å². The van der Waals surface area contributed by atoms with Crippen molar-refractivity contribution in [1.29, 1.82) is 0 Å². The molecular formula is C17H14N6. The van der Waals surface area contributed by atoms with E-state index >= 15 is 0 Å². The van der Waals surface area contributed by atoms with Gasteiger partial charge in [-0.3, -0.25) is 10.1 Å². The van der Waals surface area contributed by atoms with Crippen molar-refractivity contribution in [3.63, 3.8) is 0 Å². The van der Waals surface area contributed by atoms with Gasteiger partial charge in [0.15, 0.2) is 11.6 Å². The average molecular weight is 303 g/mol. The van der Waals surface area contributed by atoms with Gasteiger partial charge >= 0.3 is 0 Å². The average Bonchev–Trinajstić information content (AvgIpc) is 3.00. The number of nitrogens with zero attached hydrogens (tertiary/aromatic N) is 4. The van der Waals surface area contributed by atoms with E-state index in [0.717, 1.165) is 22.2 Å². The molecule has 3 aromatic heterocycles. The molecule has 0 saturated heterocycles. The molecule has 0 atom stereocenters. The number of aryl methyl sites for hydroxylation is 1. The van der Waals surface area contributed by atoms with Crippen LogP contribution in [0.1, 0.15) is 7.06 Å². The van der Waals surface area contributed by atoms with Gasteiger partial charge < -0.3 is 5.32 Å². The van der Waals surface area contributed by atoms with E-state index in [1.54, 1.807) is 18.3 Å². The molecule has 0 fully saturated rings. The lowest BCUT2D eigenvalue weighted by molar-refractivity contribution is 1.05. The van der Waals surface area contributed by atoms with Crippen molar-refractivity contribution in [3.05, 3.63) is 60.5 Å². The van der Waals surface area contributed by atoms with E-state index in [2.05, 4.69) is 30.5 Å². The molecule has 0 aliphatic heterocycles. The van der Waals surface area contributed by atoms with Crippen LogP contribution in [0.4, 0.5) is 11.6 Å². The van der Waals surface area contributed by atoms with E-state index in [9.17, 15) is 0 Å². The fraction of sp³-hybridized carbons (Fsp3) is 0.0588. The Balaban J connectivity index is 1.85. The van der Waals surface area contributed by atoms with Crippen LogP contribution in [-0.4, -0.2) is 25.1 Å². The predicted molar refractivity (Wildman–Crippen MR) is 89.4 cm³/mol. The van der Waals surface area contributed by atoms with Crippen LogP contribution in [0.2, 0.25) is 0 Å². The molecule has 0 aliphatic carbocycles. The third kappa shape index (κ3) is 2.62. The maximum Gasteiger partial charge on any atom is 0.163 e. The number of hydrogen-bond donors (Lipinski definition) is 2. The van der Waals surface area contributed by atoms with E-state index in [0.29, 0.717) is 17.5 Å². The second-order valence-electron chi connectivity index (χ2n) is 5.15. The lowest BCUT2D eigenvalue weighted by Crippen LogP contribution is -1.99. The molecule has 6 heteroatoms. The van der Waals surface area contributed by atoms with E-state index in [1.807, 2.05) is 37.3 Å². The van der Waals surface area contributed by atoms with Crippen LogP contribution in [0.3, 0.4) is 0 Å².